The van der Waals surface area contributed by atoms with Crippen molar-refractivity contribution in [2.45, 2.75) is 13.5 Å². The molecule has 0 aliphatic heterocycles. The Bertz CT molecular complexity index is 581. The average molecular weight is 286 g/mol. The van der Waals surface area contributed by atoms with E-state index in [4.69, 9.17) is 33.7 Å². The van der Waals surface area contributed by atoms with Gasteiger partial charge in [0.2, 0.25) is 0 Å². The molecule has 0 saturated heterocycles. The van der Waals surface area contributed by atoms with Crippen molar-refractivity contribution < 1.29 is 4.74 Å². The normalized spacial score (nSPS) is 10.7. The SMILES string of the molecule is Cc1nn(C)c(Cl)c1COc1ccc(N)cc1Cl. The Hall–Kier alpha value is -1.39. The van der Waals surface area contributed by atoms with Gasteiger partial charge in [-0.15, -0.1) is 0 Å². The second-order valence-corrected chi connectivity index (χ2v) is 4.72. The third-order valence-electron chi connectivity index (χ3n) is 2.60. The van der Waals surface area contributed by atoms with Gasteiger partial charge in [-0.3, -0.25) is 4.68 Å². The van der Waals surface area contributed by atoms with Gasteiger partial charge in [0.05, 0.1) is 10.7 Å². The van der Waals surface area contributed by atoms with E-state index >= 15 is 0 Å². The smallest absolute Gasteiger partial charge is 0.138 e. The van der Waals surface area contributed by atoms with Crippen molar-refractivity contribution in [3.63, 3.8) is 0 Å². The molecular formula is C12H13Cl2N3O. The first-order chi connectivity index (χ1) is 8.49. The number of nitrogens with zero attached hydrogens (tertiary/aromatic N) is 2. The van der Waals surface area contributed by atoms with Gasteiger partial charge in [0.25, 0.3) is 0 Å². The fraction of sp³-hybridized carbons (Fsp3) is 0.250. The van der Waals surface area contributed by atoms with Crippen molar-refractivity contribution >= 4 is 28.9 Å². The van der Waals surface area contributed by atoms with Crippen LogP contribution in [0.25, 0.3) is 0 Å². The fourth-order valence-electron chi connectivity index (χ4n) is 1.62. The third-order valence-corrected chi connectivity index (χ3v) is 3.37. The molecule has 96 valence electrons. The van der Waals surface area contributed by atoms with E-state index < -0.39 is 0 Å². The van der Waals surface area contributed by atoms with Crippen LogP contribution in [0, 0.1) is 6.92 Å². The molecule has 4 nitrogen and oxygen atoms in total. The Morgan fingerprint density at radius 3 is 2.67 bits per heavy atom. The molecule has 2 aromatic rings. The van der Waals surface area contributed by atoms with E-state index in [1.165, 1.54) is 0 Å². The van der Waals surface area contributed by atoms with E-state index in [0.29, 0.717) is 28.2 Å². The summed E-state index contributed by atoms with van der Waals surface area (Å²) in [6.07, 6.45) is 0. The molecular weight excluding hydrogens is 273 g/mol. The highest BCUT2D eigenvalue weighted by molar-refractivity contribution is 6.32. The summed E-state index contributed by atoms with van der Waals surface area (Å²) in [6.45, 7) is 2.21. The first kappa shape index (κ1) is 13.1. The largest absolute Gasteiger partial charge is 0.487 e. The Balaban J connectivity index is 2.16. The minimum absolute atomic E-state index is 0.322. The number of rotatable bonds is 3. The van der Waals surface area contributed by atoms with Gasteiger partial charge in [0, 0.05) is 18.3 Å². The zero-order chi connectivity index (χ0) is 13.3. The molecule has 0 aliphatic carbocycles. The lowest BCUT2D eigenvalue weighted by Gasteiger charge is -2.08. The predicted octanol–water partition coefficient (Wildman–Crippen LogP) is 3.20. The average Bonchev–Trinajstić information content (AvgIpc) is 2.53. The van der Waals surface area contributed by atoms with Gasteiger partial charge < -0.3 is 10.5 Å². The van der Waals surface area contributed by atoms with Gasteiger partial charge in [0.1, 0.15) is 17.5 Å². The Kier molecular flexibility index (Phi) is 3.68. The summed E-state index contributed by atoms with van der Waals surface area (Å²) in [6, 6.07) is 5.12. The molecule has 1 heterocycles. The van der Waals surface area contributed by atoms with Gasteiger partial charge in [-0.05, 0) is 25.1 Å². The Morgan fingerprint density at radius 2 is 2.11 bits per heavy atom. The van der Waals surface area contributed by atoms with E-state index in [1.54, 1.807) is 29.9 Å². The van der Waals surface area contributed by atoms with Crippen LogP contribution in [0.4, 0.5) is 5.69 Å². The molecule has 0 saturated carbocycles. The molecule has 0 amide bonds. The van der Waals surface area contributed by atoms with Crippen LogP contribution < -0.4 is 10.5 Å². The number of hydrogen-bond acceptors (Lipinski definition) is 3. The lowest BCUT2D eigenvalue weighted by atomic mass is 10.3. The Labute approximate surface area is 115 Å². The molecule has 1 aromatic carbocycles. The van der Waals surface area contributed by atoms with Crippen LogP contribution in [0.2, 0.25) is 10.2 Å². The minimum Gasteiger partial charge on any atom is -0.487 e. The first-order valence-electron chi connectivity index (χ1n) is 5.35. The summed E-state index contributed by atoms with van der Waals surface area (Å²) in [5, 5.41) is 5.26. The highest BCUT2D eigenvalue weighted by atomic mass is 35.5. The van der Waals surface area contributed by atoms with E-state index in [9.17, 15) is 0 Å². The number of aromatic nitrogens is 2. The number of ether oxygens (including phenoxy) is 1. The molecule has 0 atom stereocenters. The second-order valence-electron chi connectivity index (χ2n) is 3.96. The summed E-state index contributed by atoms with van der Waals surface area (Å²) in [5.41, 5.74) is 7.91. The van der Waals surface area contributed by atoms with Crippen molar-refractivity contribution in [1.82, 2.24) is 9.78 Å². The molecule has 2 rings (SSSR count). The van der Waals surface area contributed by atoms with Gasteiger partial charge >= 0.3 is 0 Å². The highest BCUT2D eigenvalue weighted by Crippen LogP contribution is 2.28. The highest BCUT2D eigenvalue weighted by Gasteiger charge is 2.12. The van der Waals surface area contributed by atoms with E-state index in [0.717, 1.165) is 11.3 Å². The van der Waals surface area contributed by atoms with Crippen LogP contribution in [-0.2, 0) is 13.7 Å². The fourth-order valence-corrected chi connectivity index (χ4v) is 2.09. The van der Waals surface area contributed by atoms with Crippen molar-refractivity contribution in [2.75, 3.05) is 5.73 Å². The number of nitrogens with two attached hydrogens (primary N) is 1. The molecule has 0 radical (unpaired) electrons. The van der Waals surface area contributed by atoms with Crippen LogP contribution in [0.1, 0.15) is 11.3 Å². The van der Waals surface area contributed by atoms with Gasteiger partial charge in [-0.25, -0.2) is 0 Å². The van der Waals surface area contributed by atoms with Crippen molar-refractivity contribution in [2.24, 2.45) is 7.05 Å². The molecule has 0 bridgehead atoms. The first-order valence-corrected chi connectivity index (χ1v) is 6.10. The van der Waals surface area contributed by atoms with Crippen LogP contribution in [0.5, 0.6) is 5.75 Å². The maximum Gasteiger partial charge on any atom is 0.138 e. The number of benzene rings is 1. The summed E-state index contributed by atoms with van der Waals surface area (Å²) in [4.78, 5) is 0. The maximum atomic E-state index is 6.11. The Morgan fingerprint density at radius 1 is 1.39 bits per heavy atom. The zero-order valence-electron chi connectivity index (χ0n) is 10.1. The summed E-state index contributed by atoms with van der Waals surface area (Å²) in [5.74, 6) is 0.574. The van der Waals surface area contributed by atoms with E-state index in [2.05, 4.69) is 5.10 Å². The van der Waals surface area contributed by atoms with Crippen molar-refractivity contribution in [3.05, 3.63) is 39.6 Å². The van der Waals surface area contributed by atoms with Crippen molar-refractivity contribution in [3.8, 4) is 5.75 Å². The van der Waals surface area contributed by atoms with E-state index in [-0.39, 0.29) is 0 Å². The summed E-state index contributed by atoms with van der Waals surface area (Å²) >= 11 is 12.1. The number of anilines is 1. The number of aryl methyl sites for hydroxylation is 2. The second kappa shape index (κ2) is 5.08. The lowest BCUT2D eigenvalue weighted by Crippen LogP contribution is -1.98. The summed E-state index contributed by atoms with van der Waals surface area (Å²) in [7, 11) is 1.79. The predicted molar refractivity (Wildman–Crippen MR) is 73.2 cm³/mol. The number of halogens is 2. The zero-order valence-corrected chi connectivity index (χ0v) is 11.6. The quantitative estimate of drug-likeness (QED) is 0.881. The molecule has 2 N–H and O–H groups in total. The van der Waals surface area contributed by atoms with Gasteiger partial charge in [-0.1, -0.05) is 23.2 Å². The summed E-state index contributed by atoms with van der Waals surface area (Å²) < 4.78 is 7.24. The van der Waals surface area contributed by atoms with Gasteiger partial charge in [0.15, 0.2) is 0 Å². The number of nitrogen functional groups attached to an aromatic ring is 1. The number of hydrogen-bond donors (Lipinski definition) is 1. The standard InChI is InChI=1S/C12H13Cl2N3O/c1-7-9(12(14)17(2)16-7)6-18-11-4-3-8(15)5-10(11)13/h3-5H,6,15H2,1-2H3. The van der Waals surface area contributed by atoms with Crippen LogP contribution in [-0.4, -0.2) is 9.78 Å². The topological polar surface area (TPSA) is 53.1 Å². The lowest BCUT2D eigenvalue weighted by molar-refractivity contribution is 0.305. The molecule has 0 aliphatic rings. The molecule has 0 unspecified atom stereocenters. The van der Waals surface area contributed by atoms with Gasteiger partial charge in [-0.2, -0.15) is 5.10 Å². The molecule has 6 heteroatoms. The third kappa shape index (κ3) is 2.54. The monoisotopic (exact) mass is 285 g/mol. The molecule has 18 heavy (non-hydrogen) atoms. The van der Waals surface area contributed by atoms with Crippen LogP contribution in [0.15, 0.2) is 18.2 Å². The van der Waals surface area contributed by atoms with Crippen LogP contribution >= 0.6 is 23.2 Å². The van der Waals surface area contributed by atoms with E-state index in [1.807, 2.05) is 6.92 Å². The maximum absolute atomic E-state index is 6.11. The molecule has 1 aromatic heterocycles. The van der Waals surface area contributed by atoms with Crippen molar-refractivity contribution in [1.29, 1.82) is 0 Å². The van der Waals surface area contributed by atoms with Crippen LogP contribution in [0.3, 0.4) is 0 Å². The minimum atomic E-state index is 0.322. The molecule has 0 fully saturated rings. The molecule has 0 spiro atoms.